The average Bonchev–Trinajstić information content (AvgIpc) is 3.12. The lowest BCUT2D eigenvalue weighted by atomic mass is 10.1. The van der Waals surface area contributed by atoms with Crippen molar-refractivity contribution in [1.82, 2.24) is 14.2 Å². The molecule has 0 bridgehead atoms. The van der Waals surface area contributed by atoms with Crippen molar-refractivity contribution in [1.29, 1.82) is 10.5 Å². The van der Waals surface area contributed by atoms with Crippen LogP contribution in [-0.4, -0.2) is 45.1 Å². The zero-order valence-electron chi connectivity index (χ0n) is 20.0. The maximum atomic E-state index is 12.4. The lowest BCUT2D eigenvalue weighted by Crippen LogP contribution is -2.35. The highest BCUT2D eigenvalue weighted by atomic mass is 31.2. The van der Waals surface area contributed by atoms with Crippen molar-refractivity contribution in [2.75, 3.05) is 6.61 Å². The number of nitrogens with zero attached hydrogens (tertiary/aromatic N) is 4. The minimum Gasteiger partial charge on any atom is -0.352 e. The summed E-state index contributed by atoms with van der Waals surface area (Å²) in [4.78, 5) is 26.5. The van der Waals surface area contributed by atoms with Crippen LogP contribution < -0.4 is 11.2 Å². The summed E-state index contributed by atoms with van der Waals surface area (Å²) in [6.45, 7) is 10.1. The smallest absolute Gasteiger partial charge is 0.330 e. The van der Waals surface area contributed by atoms with Crippen LogP contribution in [0.4, 0.5) is 0 Å². The predicted octanol–water partition coefficient (Wildman–Crippen LogP) is 3.49. The van der Waals surface area contributed by atoms with Gasteiger partial charge < -0.3 is 13.8 Å². The van der Waals surface area contributed by atoms with E-state index in [0.717, 1.165) is 0 Å². The van der Waals surface area contributed by atoms with Gasteiger partial charge in [-0.05, 0) is 47.5 Å². The summed E-state index contributed by atoms with van der Waals surface area (Å²) in [6.07, 6.45) is 2.46. The summed E-state index contributed by atoms with van der Waals surface area (Å²) in [7, 11) is -1.49. The fraction of sp³-hybridized carbons (Fsp3) is 0.727. The van der Waals surface area contributed by atoms with Gasteiger partial charge in [0.25, 0.3) is 14.1 Å². The Morgan fingerprint density at radius 1 is 1.24 bits per heavy atom. The quantitative estimate of drug-likeness (QED) is 0.356. The van der Waals surface area contributed by atoms with Gasteiger partial charge >= 0.3 is 5.69 Å². The van der Waals surface area contributed by atoms with Gasteiger partial charge in [-0.2, -0.15) is 10.5 Å². The zero-order valence-corrected chi connectivity index (χ0v) is 20.9. The van der Waals surface area contributed by atoms with Crippen molar-refractivity contribution in [3.05, 3.63) is 32.6 Å². The molecule has 1 aromatic rings. The van der Waals surface area contributed by atoms with Crippen molar-refractivity contribution in [2.24, 2.45) is 0 Å². The molecule has 10 nitrogen and oxygen atoms in total. The molecule has 1 N–H and O–H groups in total. The molecule has 0 amide bonds. The summed E-state index contributed by atoms with van der Waals surface area (Å²) >= 11 is 0. The number of nitrogens with one attached hydrogen (secondary N) is 1. The number of ether oxygens (including phenoxy) is 1. The normalized spacial score (nSPS) is 21.5. The van der Waals surface area contributed by atoms with Gasteiger partial charge in [0.05, 0.1) is 37.4 Å². The lowest BCUT2D eigenvalue weighted by Gasteiger charge is -2.37. The monoisotopic (exact) mass is 479 g/mol. The van der Waals surface area contributed by atoms with E-state index in [1.165, 1.54) is 10.8 Å². The van der Waals surface area contributed by atoms with Crippen molar-refractivity contribution in [3.8, 4) is 12.1 Å². The molecule has 4 atom stereocenters. The van der Waals surface area contributed by atoms with E-state index in [2.05, 4.69) is 49.5 Å². The SMILES string of the molecule is Cc1cn([C@H]2C[C@H](OP(OCCC#N)N(C(C)C)C(C)C)[C@@H](CCCC#N)O2)c(=O)[nH]c1=O. The highest BCUT2D eigenvalue weighted by Gasteiger charge is 2.41. The third-order valence-electron chi connectivity index (χ3n) is 5.30. The van der Waals surface area contributed by atoms with Crippen molar-refractivity contribution in [3.63, 3.8) is 0 Å². The van der Waals surface area contributed by atoms with E-state index < -0.39 is 26.0 Å². The van der Waals surface area contributed by atoms with Gasteiger partial charge in [-0.3, -0.25) is 14.3 Å². The molecular weight excluding hydrogens is 445 g/mol. The van der Waals surface area contributed by atoms with Crippen molar-refractivity contribution in [2.45, 2.75) is 97.2 Å². The molecule has 1 aliphatic rings. The molecule has 0 spiro atoms. The third kappa shape index (κ3) is 7.46. The largest absolute Gasteiger partial charge is 0.352 e. The van der Waals surface area contributed by atoms with Crippen LogP contribution in [0.25, 0.3) is 0 Å². The number of hydrogen-bond acceptors (Lipinski definition) is 8. The topological polar surface area (TPSA) is 133 Å². The van der Waals surface area contributed by atoms with Gasteiger partial charge in [0.1, 0.15) is 6.23 Å². The van der Waals surface area contributed by atoms with Gasteiger partial charge in [0, 0.05) is 36.7 Å². The van der Waals surface area contributed by atoms with Crippen LogP contribution in [0.2, 0.25) is 0 Å². The van der Waals surface area contributed by atoms with Crippen molar-refractivity contribution >= 4 is 8.53 Å². The number of nitriles is 2. The molecule has 0 saturated carbocycles. The van der Waals surface area contributed by atoms with Crippen LogP contribution >= 0.6 is 8.53 Å². The summed E-state index contributed by atoms with van der Waals surface area (Å²) in [6, 6.07) is 4.54. The molecule has 1 aromatic heterocycles. The van der Waals surface area contributed by atoms with E-state index in [1.807, 2.05) is 0 Å². The van der Waals surface area contributed by atoms with Gasteiger partial charge in [-0.15, -0.1) is 0 Å². The number of H-pyrrole nitrogens is 1. The molecule has 1 unspecified atom stereocenters. The first-order valence-electron chi connectivity index (χ1n) is 11.3. The van der Waals surface area contributed by atoms with Crippen LogP contribution in [0.5, 0.6) is 0 Å². The number of aromatic nitrogens is 2. The van der Waals surface area contributed by atoms with Gasteiger partial charge in [0.15, 0.2) is 0 Å². The van der Waals surface area contributed by atoms with E-state index in [0.29, 0.717) is 31.2 Å². The maximum absolute atomic E-state index is 12.4. The molecule has 1 aliphatic heterocycles. The molecule has 0 aliphatic carbocycles. The Bertz CT molecular complexity index is 956. The van der Waals surface area contributed by atoms with E-state index in [9.17, 15) is 9.59 Å². The maximum Gasteiger partial charge on any atom is 0.330 e. The minimum absolute atomic E-state index is 0.151. The predicted molar refractivity (Wildman–Crippen MR) is 124 cm³/mol. The summed E-state index contributed by atoms with van der Waals surface area (Å²) in [5, 5.41) is 17.9. The molecule has 2 rings (SSSR count). The Morgan fingerprint density at radius 3 is 2.52 bits per heavy atom. The number of rotatable bonds is 12. The fourth-order valence-electron chi connectivity index (χ4n) is 3.83. The molecular formula is C22H34N5O5P. The third-order valence-corrected chi connectivity index (χ3v) is 7.46. The molecule has 2 heterocycles. The van der Waals surface area contributed by atoms with E-state index >= 15 is 0 Å². The van der Waals surface area contributed by atoms with Crippen LogP contribution in [0.15, 0.2) is 15.8 Å². The van der Waals surface area contributed by atoms with Crippen LogP contribution in [0.1, 0.15) is 71.6 Å². The number of hydrogen-bond donors (Lipinski definition) is 1. The van der Waals surface area contributed by atoms with Crippen LogP contribution in [0.3, 0.4) is 0 Å². The summed E-state index contributed by atoms with van der Waals surface area (Å²) in [5.41, 5.74) is -0.548. The van der Waals surface area contributed by atoms with Crippen LogP contribution in [-0.2, 0) is 13.8 Å². The standard InChI is InChI=1S/C22H34N5O5P/c1-15(2)27(16(3)4)33(30-12-8-11-24)32-19-13-20(31-18(19)9-6-7-10-23)26-14-17(5)21(28)25-22(26)29/h14-16,18-20H,6-9,12-13H2,1-5H3,(H,25,28,29)/t18-,19+,20-,33?/m1/s1. The lowest BCUT2D eigenvalue weighted by molar-refractivity contribution is -0.0232. The van der Waals surface area contributed by atoms with Crippen LogP contribution in [0, 0.1) is 29.6 Å². The first-order chi connectivity index (χ1) is 15.7. The second-order valence-corrected chi connectivity index (χ2v) is 9.99. The Labute approximate surface area is 196 Å². The molecule has 1 fully saturated rings. The fourth-order valence-corrected chi connectivity index (χ4v) is 5.59. The molecule has 11 heteroatoms. The first-order valence-corrected chi connectivity index (χ1v) is 12.4. The zero-order chi connectivity index (χ0) is 24.5. The van der Waals surface area contributed by atoms with Gasteiger partial charge in [-0.25, -0.2) is 9.46 Å². The van der Waals surface area contributed by atoms with Gasteiger partial charge in [0.2, 0.25) is 0 Å². The first kappa shape index (κ1) is 27.2. The average molecular weight is 480 g/mol. The summed E-state index contributed by atoms with van der Waals surface area (Å²) in [5.74, 6) is 0. The highest BCUT2D eigenvalue weighted by Crippen LogP contribution is 2.50. The summed E-state index contributed by atoms with van der Waals surface area (Å²) < 4.78 is 22.2. The molecule has 182 valence electrons. The number of unbranched alkanes of at least 4 members (excludes halogenated alkanes) is 1. The van der Waals surface area contributed by atoms with Gasteiger partial charge in [-0.1, -0.05) is 0 Å². The Balaban J connectivity index is 2.30. The molecule has 1 saturated heterocycles. The number of aromatic amines is 1. The minimum atomic E-state index is -1.49. The molecule has 0 radical (unpaired) electrons. The van der Waals surface area contributed by atoms with E-state index in [-0.39, 0.29) is 37.3 Å². The second-order valence-electron chi connectivity index (χ2n) is 8.58. The molecule has 33 heavy (non-hydrogen) atoms. The Morgan fingerprint density at radius 2 is 1.91 bits per heavy atom. The van der Waals surface area contributed by atoms with E-state index in [1.54, 1.807) is 6.92 Å². The Hall–Kier alpha value is -2.07. The second kappa shape index (κ2) is 13.0. The van der Waals surface area contributed by atoms with Crippen molar-refractivity contribution < 1.29 is 13.8 Å². The Kier molecular flexibility index (Phi) is 10.7. The highest BCUT2D eigenvalue weighted by molar-refractivity contribution is 7.44. The number of aryl methyl sites for hydroxylation is 1. The van der Waals surface area contributed by atoms with E-state index in [4.69, 9.17) is 24.3 Å². The molecule has 0 aromatic carbocycles.